The van der Waals surface area contributed by atoms with E-state index < -0.39 is 0 Å². The maximum absolute atomic E-state index is 9.14. The molecule has 0 unspecified atom stereocenters. The van der Waals surface area contributed by atoms with E-state index >= 15 is 0 Å². The molecule has 2 aromatic rings. The lowest BCUT2D eigenvalue weighted by atomic mass is 9.97. The second-order valence-electron chi connectivity index (χ2n) is 4.02. The summed E-state index contributed by atoms with van der Waals surface area (Å²) in [5.74, 6) is 0. The zero-order chi connectivity index (χ0) is 12.3. The maximum Gasteiger partial charge on any atom is 0.0998 e. The number of aryl methyl sites for hydroxylation is 1. The van der Waals surface area contributed by atoms with Crippen molar-refractivity contribution in [3.63, 3.8) is 0 Å². The van der Waals surface area contributed by atoms with Gasteiger partial charge in [-0.1, -0.05) is 35.9 Å². The van der Waals surface area contributed by atoms with Gasteiger partial charge in [-0.05, 0) is 35.7 Å². The average Bonchev–Trinajstić information content (AvgIpc) is 2.38. The minimum absolute atomic E-state index is 0.00940. The molecular weight excluding hydrogens is 210 g/mol. The van der Waals surface area contributed by atoms with E-state index in [0.29, 0.717) is 5.56 Å². The van der Waals surface area contributed by atoms with E-state index in [4.69, 9.17) is 10.4 Å². The summed E-state index contributed by atoms with van der Waals surface area (Å²) in [6, 6.07) is 15.6. The smallest absolute Gasteiger partial charge is 0.0998 e. The molecule has 1 N–H and O–H groups in total. The Hall–Kier alpha value is -2.11. The molecule has 0 aliphatic rings. The van der Waals surface area contributed by atoms with Gasteiger partial charge in [-0.2, -0.15) is 5.26 Å². The quantitative estimate of drug-likeness (QED) is 0.850. The van der Waals surface area contributed by atoms with Crippen LogP contribution in [0.5, 0.6) is 0 Å². The van der Waals surface area contributed by atoms with Gasteiger partial charge in [0, 0.05) is 0 Å². The highest BCUT2D eigenvalue weighted by Gasteiger charge is 2.06. The third-order valence-corrected chi connectivity index (χ3v) is 2.72. The molecule has 0 heterocycles. The Morgan fingerprint density at radius 2 is 2.00 bits per heavy atom. The molecule has 2 heteroatoms. The summed E-state index contributed by atoms with van der Waals surface area (Å²) in [7, 11) is 0. The Balaban J connectivity index is 2.61. The number of nitriles is 1. The molecule has 2 rings (SSSR count). The third-order valence-electron chi connectivity index (χ3n) is 2.72. The van der Waals surface area contributed by atoms with Crippen LogP contribution in [0.25, 0.3) is 11.1 Å². The van der Waals surface area contributed by atoms with E-state index in [1.807, 2.05) is 37.3 Å². The highest BCUT2D eigenvalue weighted by Crippen LogP contribution is 2.25. The van der Waals surface area contributed by atoms with Crippen molar-refractivity contribution >= 4 is 0 Å². The van der Waals surface area contributed by atoms with Gasteiger partial charge in [-0.3, -0.25) is 0 Å². The Bertz CT molecular complexity index is 582. The normalized spacial score (nSPS) is 9.94. The molecule has 84 valence electrons. The van der Waals surface area contributed by atoms with E-state index in [0.717, 1.165) is 22.3 Å². The zero-order valence-electron chi connectivity index (χ0n) is 9.64. The highest BCUT2D eigenvalue weighted by atomic mass is 16.3. The first kappa shape index (κ1) is 11.4. The van der Waals surface area contributed by atoms with E-state index in [-0.39, 0.29) is 6.61 Å². The van der Waals surface area contributed by atoms with Crippen molar-refractivity contribution in [2.24, 2.45) is 0 Å². The van der Waals surface area contributed by atoms with Gasteiger partial charge < -0.3 is 5.11 Å². The maximum atomic E-state index is 9.14. The predicted octanol–water partition coefficient (Wildman–Crippen LogP) is 3.03. The molecule has 0 aliphatic carbocycles. The number of benzene rings is 2. The van der Waals surface area contributed by atoms with Crippen LogP contribution in [0, 0.1) is 18.3 Å². The molecule has 17 heavy (non-hydrogen) atoms. The summed E-state index contributed by atoms with van der Waals surface area (Å²) in [6.07, 6.45) is 0. The number of aliphatic hydroxyl groups excluding tert-OH is 1. The molecule has 2 aromatic carbocycles. The van der Waals surface area contributed by atoms with E-state index in [1.54, 1.807) is 12.1 Å². The average molecular weight is 223 g/mol. The summed E-state index contributed by atoms with van der Waals surface area (Å²) < 4.78 is 0. The first-order valence-electron chi connectivity index (χ1n) is 5.45. The van der Waals surface area contributed by atoms with Gasteiger partial charge in [0.2, 0.25) is 0 Å². The second kappa shape index (κ2) is 4.82. The third kappa shape index (κ3) is 2.35. The van der Waals surface area contributed by atoms with Crippen LogP contribution in [0.1, 0.15) is 16.7 Å². The first-order chi connectivity index (χ1) is 8.24. The molecule has 0 atom stereocenters. The summed E-state index contributed by atoms with van der Waals surface area (Å²) in [5.41, 5.74) is 4.49. The van der Waals surface area contributed by atoms with Crippen LogP contribution in [-0.4, -0.2) is 5.11 Å². The molecule has 0 spiro atoms. The largest absolute Gasteiger partial charge is 0.392 e. The monoisotopic (exact) mass is 223 g/mol. The molecule has 0 aliphatic heterocycles. The molecule has 2 nitrogen and oxygen atoms in total. The fraction of sp³-hybridized carbons (Fsp3) is 0.133. The van der Waals surface area contributed by atoms with Crippen molar-refractivity contribution in [1.29, 1.82) is 5.26 Å². The molecule has 0 saturated carbocycles. The number of aliphatic hydroxyl groups is 1. The Morgan fingerprint density at radius 3 is 2.65 bits per heavy atom. The lowest BCUT2D eigenvalue weighted by Crippen LogP contribution is -1.89. The predicted molar refractivity (Wildman–Crippen MR) is 67.3 cm³/mol. The SMILES string of the molecule is Cc1cccc(-c2cc(CO)ccc2C#N)c1. The van der Waals surface area contributed by atoms with Gasteiger partial charge in [0.05, 0.1) is 18.2 Å². The van der Waals surface area contributed by atoms with Crippen molar-refractivity contribution in [2.75, 3.05) is 0 Å². The number of hydrogen-bond acceptors (Lipinski definition) is 2. The lowest BCUT2D eigenvalue weighted by molar-refractivity contribution is 0.282. The summed E-state index contributed by atoms with van der Waals surface area (Å²) in [4.78, 5) is 0. The molecule has 0 saturated heterocycles. The molecule has 0 bridgehead atoms. The lowest BCUT2D eigenvalue weighted by Gasteiger charge is -2.07. The van der Waals surface area contributed by atoms with Gasteiger partial charge in [0.25, 0.3) is 0 Å². The fourth-order valence-electron chi connectivity index (χ4n) is 1.84. The van der Waals surface area contributed by atoms with Gasteiger partial charge in [-0.25, -0.2) is 0 Å². The van der Waals surface area contributed by atoms with Crippen LogP contribution >= 0.6 is 0 Å². The molecular formula is C15H13NO. The van der Waals surface area contributed by atoms with Gasteiger partial charge >= 0.3 is 0 Å². The van der Waals surface area contributed by atoms with Crippen LogP contribution in [-0.2, 0) is 6.61 Å². The number of hydrogen-bond donors (Lipinski definition) is 1. The van der Waals surface area contributed by atoms with Crippen molar-refractivity contribution < 1.29 is 5.11 Å². The number of nitrogens with zero attached hydrogens (tertiary/aromatic N) is 1. The van der Waals surface area contributed by atoms with Crippen molar-refractivity contribution in [3.8, 4) is 17.2 Å². The van der Waals surface area contributed by atoms with Crippen LogP contribution < -0.4 is 0 Å². The molecule has 0 aromatic heterocycles. The van der Waals surface area contributed by atoms with Gasteiger partial charge in [0.15, 0.2) is 0 Å². The van der Waals surface area contributed by atoms with E-state index in [1.165, 1.54) is 0 Å². The minimum atomic E-state index is -0.00940. The van der Waals surface area contributed by atoms with Gasteiger partial charge in [-0.15, -0.1) is 0 Å². The van der Waals surface area contributed by atoms with E-state index in [2.05, 4.69) is 6.07 Å². The minimum Gasteiger partial charge on any atom is -0.392 e. The number of rotatable bonds is 2. The molecule has 0 radical (unpaired) electrons. The Labute approximate surface area is 101 Å². The van der Waals surface area contributed by atoms with Crippen LogP contribution in [0.15, 0.2) is 42.5 Å². The topological polar surface area (TPSA) is 44.0 Å². The highest BCUT2D eigenvalue weighted by molar-refractivity contribution is 5.71. The van der Waals surface area contributed by atoms with E-state index in [9.17, 15) is 0 Å². The first-order valence-corrected chi connectivity index (χ1v) is 5.45. The van der Waals surface area contributed by atoms with Crippen molar-refractivity contribution in [2.45, 2.75) is 13.5 Å². The van der Waals surface area contributed by atoms with Crippen LogP contribution in [0.4, 0.5) is 0 Å². The standard InChI is InChI=1S/C15H13NO/c1-11-3-2-4-13(7-11)15-8-12(10-17)5-6-14(15)9-16/h2-8,17H,10H2,1H3. The Kier molecular flexibility index (Phi) is 3.22. The fourth-order valence-corrected chi connectivity index (χ4v) is 1.84. The van der Waals surface area contributed by atoms with Crippen LogP contribution in [0.2, 0.25) is 0 Å². The zero-order valence-corrected chi connectivity index (χ0v) is 9.64. The molecule has 0 amide bonds. The van der Waals surface area contributed by atoms with Crippen LogP contribution in [0.3, 0.4) is 0 Å². The van der Waals surface area contributed by atoms with Crippen molar-refractivity contribution in [3.05, 3.63) is 59.2 Å². The Morgan fingerprint density at radius 1 is 1.18 bits per heavy atom. The molecule has 0 fully saturated rings. The second-order valence-corrected chi connectivity index (χ2v) is 4.02. The van der Waals surface area contributed by atoms with Crippen molar-refractivity contribution in [1.82, 2.24) is 0 Å². The summed E-state index contributed by atoms with van der Waals surface area (Å²) >= 11 is 0. The summed E-state index contributed by atoms with van der Waals surface area (Å²) in [6.45, 7) is 2.01. The summed E-state index contributed by atoms with van der Waals surface area (Å²) in [5, 5.41) is 18.2. The van der Waals surface area contributed by atoms with Gasteiger partial charge in [0.1, 0.15) is 0 Å².